The van der Waals surface area contributed by atoms with Gasteiger partial charge in [0.05, 0.1) is 12.2 Å². The molecule has 2 N–H and O–H groups in total. The highest BCUT2D eigenvalue weighted by Crippen LogP contribution is 2.05. The van der Waals surface area contributed by atoms with E-state index in [-0.39, 0.29) is 11.3 Å². The van der Waals surface area contributed by atoms with Gasteiger partial charge in [-0.3, -0.25) is 9.78 Å². The molecule has 0 bridgehead atoms. The molecule has 0 spiro atoms. The Morgan fingerprint density at radius 1 is 1.71 bits per heavy atom. The molecule has 0 amide bonds. The summed E-state index contributed by atoms with van der Waals surface area (Å²) in [5, 5.41) is 0. The number of hydrogen-bond acceptors (Lipinski definition) is 3. The van der Waals surface area contributed by atoms with Gasteiger partial charge in [0, 0.05) is 11.8 Å². The van der Waals surface area contributed by atoms with Crippen LogP contribution in [0.15, 0.2) is 31.1 Å². The van der Waals surface area contributed by atoms with E-state index in [1.54, 1.807) is 6.08 Å². The topological polar surface area (TPSA) is 56.0 Å². The molecule has 0 fully saturated rings. The van der Waals surface area contributed by atoms with Crippen LogP contribution in [0.2, 0.25) is 0 Å². The largest absolute Gasteiger partial charge is 0.321 e. The molecule has 1 atom stereocenters. The molecule has 1 aromatic heterocycles. The van der Waals surface area contributed by atoms with E-state index in [2.05, 4.69) is 11.6 Å². The Bertz CT molecular complexity index is 352. The number of rotatable bonds is 4. The van der Waals surface area contributed by atoms with Crippen molar-refractivity contribution in [3.63, 3.8) is 0 Å². The molecule has 0 saturated heterocycles. The van der Waals surface area contributed by atoms with Crippen molar-refractivity contribution >= 4 is 5.78 Å². The van der Waals surface area contributed by atoms with Crippen LogP contribution in [0.3, 0.4) is 0 Å². The molecule has 0 radical (unpaired) electrons. The van der Waals surface area contributed by atoms with Crippen LogP contribution in [-0.2, 0) is 0 Å². The Morgan fingerprint density at radius 3 is 3.00 bits per heavy atom. The lowest BCUT2D eigenvalue weighted by molar-refractivity contribution is 0.0961. The average Bonchev–Trinajstić information content (AvgIpc) is 2.17. The van der Waals surface area contributed by atoms with Crippen molar-refractivity contribution in [1.29, 1.82) is 0 Å². The zero-order chi connectivity index (χ0) is 10.6. The first-order valence-corrected chi connectivity index (χ1v) is 4.16. The fourth-order valence-electron chi connectivity index (χ4n) is 1.05. The monoisotopic (exact) mass is 194 g/mol. The number of hydrogen-bond donors (Lipinski definition) is 1. The maximum Gasteiger partial charge on any atom is 0.181 e. The van der Waals surface area contributed by atoms with Gasteiger partial charge in [0.2, 0.25) is 0 Å². The van der Waals surface area contributed by atoms with Crippen LogP contribution in [0.5, 0.6) is 0 Å². The number of carbonyl (C=O) groups excluding carboxylic acids is 1. The standard InChI is InChI=1S/C10H11FN2O/c1-2-3-9(12)10(14)7-4-8(11)6-13-5-7/h2,4-6,9H,1,3,12H2. The third-order valence-corrected chi connectivity index (χ3v) is 1.75. The summed E-state index contributed by atoms with van der Waals surface area (Å²) < 4.78 is 12.7. The van der Waals surface area contributed by atoms with E-state index in [4.69, 9.17) is 5.73 Å². The number of carbonyl (C=O) groups is 1. The van der Waals surface area contributed by atoms with Crippen molar-refractivity contribution in [1.82, 2.24) is 4.98 Å². The molecule has 74 valence electrons. The fourth-order valence-corrected chi connectivity index (χ4v) is 1.05. The van der Waals surface area contributed by atoms with Crippen molar-refractivity contribution in [3.8, 4) is 0 Å². The van der Waals surface area contributed by atoms with Crippen molar-refractivity contribution in [2.45, 2.75) is 12.5 Å². The highest BCUT2D eigenvalue weighted by molar-refractivity contribution is 5.99. The van der Waals surface area contributed by atoms with E-state index < -0.39 is 11.9 Å². The first-order valence-electron chi connectivity index (χ1n) is 4.16. The molecule has 0 aliphatic heterocycles. The summed E-state index contributed by atoms with van der Waals surface area (Å²) in [6.07, 6.45) is 4.26. The van der Waals surface area contributed by atoms with Crippen LogP contribution in [0.1, 0.15) is 16.8 Å². The van der Waals surface area contributed by atoms with E-state index in [0.29, 0.717) is 6.42 Å². The molecule has 3 nitrogen and oxygen atoms in total. The highest BCUT2D eigenvalue weighted by atomic mass is 19.1. The number of nitrogens with zero attached hydrogens (tertiary/aromatic N) is 1. The summed E-state index contributed by atoms with van der Waals surface area (Å²) >= 11 is 0. The van der Waals surface area contributed by atoms with Crippen LogP contribution in [-0.4, -0.2) is 16.8 Å². The van der Waals surface area contributed by atoms with Gasteiger partial charge in [0.15, 0.2) is 5.78 Å². The molecule has 0 aliphatic rings. The smallest absolute Gasteiger partial charge is 0.181 e. The second kappa shape index (κ2) is 4.62. The Balaban J connectivity index is 2.83. The van der Waals surface area contributed by atoms with Gasteiger partial charge < -0.3 is 5.73 Å². The van der Waals surface area contributed by atoms with Crippen LogP contribution in [0.4, 0.5) is 4.39 Å². The van der Waals surface area contributed by atoms with Gasteiger partial charge in [-0.1, -0.05) is 6.08 Å². The Morgan fingerprint density at radius 2 is 2.43 bits per heavy atom. The van der Waals surface area contributed by atoms with E-state index in [9.17, 15) is 9.18 Å². The summed E-state index contributed by atoms with van der Waals surface area (Å²) in [6.45, 7) is 3.47. The minimum atomic E-state index is -0.670. The van der Waals surface area contributed by atoms with Crippen molar-refractivity contribution in [3.05, 3.63) is 42.5 Å². The predicted octanol–water partition coefficient (Wildman–Crippen LogP) is 1.31. The Labute approximate surface area is 81.5 Å². The van der Waals surface area contributed by atoms with E-state index in [1.165, 1.54) is 6.20 Å². The molecule has 0 aliphatic carbocycles. The number of nitrogens with two attached hydrogens (primary N) is 1. The lowest BCUT2D eigenvalue weighted by Gasteiger charge is -2.06. The van der Waals surface area contributed by atoms with Crippen molar-refractivity contribution < 1.29 is 9.18 Å². The van der Waals surface area contributed by atoms with Gasteiger partial charge in [-0.25, -0.2) is 4.39 Å². The average molecular weight is 194 g/mol. The first kappa shape index (κ1) is 10.5. The second-order valence-corrected chi connectivity index (χ2v) is 2.89. The normalized spacial score (nSPS) is 12.1. The van der Waals surface area contributed by atoms with Gasteiger partial charge in [-0.05, 0) is 12.5 Å². The molecule has 14 heavy (non-hydrogen) atoms. The minimum absolute atomic E-state index is 0.194. The maximum atomic E-state index is 12.7. The van der Waals surface area contributed by atoms with Crippen LogP contribution >= 0.6 is 0 Å². The number of Topliss-reactive ketones (excluding diaryl/α,β-unsaturated/α-hetero) is 1. The number of aromatic nitrogens is 1. The third-order valence-electron chi connectivity index (χ3n) is 1.75. The van der Waals surface area contributed by atoms with Crippen molar-refractivity contribution in [2.24, 2.45) is 5.73 Å². The van der Waals surface area contributed by atoms with Gasteiger partial charge >= 0.3 is 0 Å². The van der Waals surface area contributed by atoms with E-state index in [0.717, 1.165) is 12.3 Å². The van der Waals surface area contributed by atoms with Gasteiger partial charge in [0.25, 0.3) is 0 Å². The third kappa shape index (κ3) is 2.47. The highest BCUT2D eigenvalue weighted by Gasteiger charge is 2.14. The summed E-state index contributed by atoms with van der Waals surface area (Å²) in [6, 6.07) is 0.453. The van der Waals surface area contributed by atoms with Gasteiger partial charge in [-0.2, -0.15) is 0 Å². The predicted molar refractivity (Wildman–Crippen MR) is 51.3 cm³/mol. The maximum absolute atomic E-state index is 12.7. The molecule has 4 heteroatoms. The zero-order valence-corrected chi connectivity index (χ0v) is 7.61. The molecule has 1 rings (SSSR count). The lowest BCUT2D eigenvalue weighted by Crippen LogP contribution is -2.29. The van der Waals surface area contributed by atoms with E-state index in [1.807, 2.05) is 0 Å². The number of halogens is 1. The molecular weight excluding hydrogens is 183 g/mol. The van der Waals surface area contributed by atoms with Gasteiger partial charge in [0.1, 0.15) is 5.82 Å². The van der Waals surface area contributed by atoms with E-state index >= 15 is 0 Å². The molecule has 1 aromatic rings. The molecule has 0 aromatic carbocycles. The lowest BCUT2D eigenvalue weighted by atomic mass is 10.0. The van der Waals surface area contributed by atoms with Crippen LogP contribution in [0.25, 0.3) is 0 Å². The summed E-state index contributed by atoms with van der Waals surface area (Å²) in [5.74, 6) is -0.862. The molecule has 1 heterocycles. The second-order valence-electron chi connectivity index (χ2n) is 2.89. The molecular formula is C10H11FN2O. The van der Waals surface area contributed by atoms with Crippen molar-refractivity contribution in [2.75, 3.05) is 0 Å². The summed E-state index contributed by atoms with van der Waals surface area (Å²) in [5.41, 5.74) is 5.73. The molecule has 1 unspecified atom stereocenters. The SMILES string of the molecule is C=CCC(N)C(=O)c1cncc(F)c1. The molecule has 0 saturated carbocycles. The first-order chi connectivity index (χ1) is 6.65. The zero-order valence-electron chi connectivity index (χ0n) is 7.61. The minimum Gasteiger partial charge on any atom is -0.321 e. The Kier molecular flexibility index (Phi) is 3.48. The van der Waals surface area contributed by atoms with Crippen LogP contribution in [0, 0.1) is 5.82 Å². The Hall–Kier alpha value is -1.55. The fraction of sp³-hybridized carbons (Fsp3) is 0.200. The summed E-state index contributed by atoms with van der Waals surface area (Å²) in [7, 11) is 0. The number of pyridine rings is 1. The van der Waals surface area contributed by atoms with Crippen LogP contribution < -0.4 is 5.73 Å². The summed E-state index contributed by atoms with van der Waals surface area (Å²) in [4.78, 5) is 15.1. The quantitative estimate of drug-likeness (QED) is 0.580. The van der Waals surface area contributed by atoms with Gasteiger partial charge in [-0.15, -0.1) is 6.58 Å². The number of ketones is 1.